The average molecular weight is 1120 g/mol. The molecule has 0 bridgehead atoms. The molecule has 0 saturated heterocycles. The fraction of sp³-hybridized carbons (Fsp3) is 0.358. The van der Waals surface area contributed by atoms with Crippen LogP contribution in [-0.4, -0.2) is 17.7 Å². The standard InChI is InChI=1S/C29H47N2O.C24BF20/c1-2-3-4-5-6-7-8-9-10-11-12-13-14-15-16-20-25-32-29-26-30-23-24-31(29)27-28-21-18-17-19-22-28;26-5-1(6(27)14(35)21(42)13(5)34)25(2-7(28)15(36)22(43)16(37)8(2)29,3-9(30)17(38)23(44)18(39)10(3)31)4-11(32)19(40)24(45)20(41)12(4)33/h17-19,21-24,26H,2-16,20,25,27H2,1H3;/q+1;-1. The summed E-state index contributed by atoms with van der Waals surface area (Å²) in [5, 5.41) is 0. The van der Waals surface area contributed by atoms with Crippen molar-refractivity contribution in [1.29, 1.82) is 0 Å². The summed E-state index contributed by atoms with van der Waals surface area (Å²) in [4.78, 5) is 4.24. The van der Waals surface area contributed by atoms with Crippen LogP contribution in [-0.2, 0) is 6.54 Å². The van der Waals surface area contributed by atoms with Crippen molar-refractivity contribution < 1.29 is 97.1 Å². The molecule has 418 valence electrons. The lowest BCUT2D eigenvalue weighted by atomic mass is 9.12. The van der Waals surface area contributed by atoms with Gasteiger partial charge < -0.3 is 4.74 Å². The Morgan fingerprint density at radius 2 is 0.636 bits per heavy atom. The lowest BCUT2D eigenvalue weighted by Gasteiger charge is -2.44. The molecule has 0 aliphatic heterocycles. The zero-order valence-electron chi connectivity index (χ0n) is 40.8. The van der Waals surface area contributed by atoms with Crippen LogP contribution in [0.15, 0.2) is 48.9 Å². The van der Waals surface area contributed by atoms with Crippen LogP contribution in [0.1, 0.15) is 115 Å². The number of hydrogen-bond donors (Lipinski definition) is 0. The molecule has 77 heavy (non-hydrogen) atoms. The summed E-state index contributed by atoms with van der Waals surface area (Å²) in [6, 6.07) is 10.5. The summed E-state index contributed by atoms with van der Waals surface area (Å²) < 4.78 is 302. The van der Waals surface area contributed by atoms with Crippen molar-refractivity contribution in [3.8, 4) is 5.88 Å². The maximum Gasteiger partial charge on any atom is 0.387 e. The second kappa shape index (κ2) is 27.8. The molecule has 3 nitrogen and oxygen atoms in total. The molecule has 0 aliphatic rings. The molecule has 0 saturated carbocycles. The highest BCUT2D eigenvalue weighted by molar-refractivity contribution is 7.20. The SMILES string of the molecule is CCCCCCCCCCCCCCCCCCOc1cncc[n+]1Cc1ccccc1.Fc1c(F)c(F)c([B-](c2c(F)c(F)c(F)c(F)c2F)(c2c(F)c(F)c(F)c(F)c2F)c2c(F)c(F)c(F)c(F)c2F)c(F)c1F. The van der Waals surface area contributed by atoms with E-state index in [1.54, 1.807) is 0 Å². The summed E-state index contributed by atoms with van der Waals surface area (Å²) in [6.45, 7) is 3.89. The Morgan fingerprint density at radius 1 is 0.364 bits per heavy atom. The van der Waals surface area contributed by atoms with E-state index in [9.17, 15) is 52.7 Å². The van der Waals surface area contributed by atoms with E-state index in [1.165, 1.54) is 102 Å². The molecule has 0 radical (unpaired) electrons. The van der Waals surface area contributed by atoms with E-state index in [0.29, 0.717) is 0 Å². The van der Waals surface area contributed by atoms with Gasteiger partial charge in [-0.1, -0.05) is 134 Å². The zero-order valence-corrected chi connectivity index (χ0v) is 40.8. The van der Waals surface area contributed by atoms with E-state index in [-0.39, 0.29) is 0 Å². The van der Waals surface area contributed by atoms with Gasteiger partial charge >= 0.3 is 5.88 Å². The smallest absolute Gasteiger partial charge is 0.387 e. The quantitative estimate of drug-likeness (QED) is 0.0151. The number of rotatable bonds is 24. The van der Waals surface area contributed by atoms with Crippen LogP contribution < -0.4 is 31.2 Å². The number of halogens is 20. The van der Waals surface area contributed by atoms with Crippen molar-refractivity contribution in [3.05, 3.63) is 171 Å². The Kier molecular flexibility index (Phi) is 22.2. The van der Waals surface area contributed by atoms with E-state index < -0.39 is 144 Å². The van der Waals surface area contributed by atoms with Crippen molar-refractivity contribution >= 4 is 28.0 Å². The fourth-order valence-electron chi connectivity index (χ4n) is 9.11. The average Bonchev–Trinajstić information content (AvgIpc) is 3.61. The lowest BCUT2D eigenvalue weighted by Crippen LogP contribution is -2.81. The van der Waals surface area contributed by atoms with Gasteiger partial charge in [0.15, 0.2) is 82.5 Å². The third-order valence-electron chi connectivity index (χ3n) is 13.0. The Hall–Kier alpha value is -6.36. The Labute approximate surface area is 428 Å². The lowest BCUT2D eigenvalue weighted by molar-refractivity contribution is -0.694. The van der Waals surface area contributed by atoms with Crippen LogP contribution >= 0.6 is 0 Å². The number of aromatic nitrogens is 2. The number of unbranched alkanes of at least 4 members (excludes halogenated alkanes) is 15. The number of hydrogen-bond acceptors (Lipinski definition) is 2. The fourth-order valence-corrected chi connectivity index (χ4v) is 9.11. The third kappa shape index (κ3) is 13.2. The Morgan fingerprint density at radius 3 is 0.935 bits per heavy atom. The minimum atomic E-state index is -7.22. The van der Waals surface area contributed by atoms with Gasteiger partial charge in [-0.3, -0.25) is 0 Å². The van der Waals surface area contributed by atoms with E-state index in [2.05, 4.69) is 46.8 Å². The molecule has 0 aliphatic carbocycles. The van der Waals surface area contributed by atoms with Gasteiger partial charge in [-0.05, 0) is 6.42 Å². The number of ether oxygens (including phenoxy) is 1. The molecule has 0 spiro atoms. The van der Waals surface area contributed by atoms with Gasteiger partial charge in [0.25, 0.3) is 0 Å². The predicted molar refractivity (Wildman–Crippen MR) is 244 cm³/mol. The highest BCUT2D eigenvalue weighted by atomic mass is 19.2. The molecule has 5 aromatic carbocycles. The maximum atomic E-state index is 15.4. The molecule has 0 amide bonds. The molecule has 6 aromatic rings. The second-order valence-electron chi connectivity index (χ2n) is 18.0. The van der Waals surface area contributed by atoms with Crippen LogP contribution in [0.2, 0.25) is 0 Å². The largest absolute Gasteiger partial charge is 0.443 e. The van der Waals surface area contributed by atoms with Crippen molar-refractivity contribution in [2.75, 3.05) is 6.61 Å². The first-order valence-electron chi connectivity index (χ1n) is 24.3. The molecular formula is C53H47BF20N2O. The molecule has 1 aromatic heterocycles. The minimum absolute atomic E-state index is 0.777. The first kappa shape index (κ1) is 61.5. The van der Waals surface area contributed by atoms with Crippen molar-refractivity contribution in [1.82, 2.24) is 4.98 Å². The summed E-state index contributed by atoms with van der Waals surface area (Å²) in [7, 11) is 0. The van der Waals surface area contributed by atoms with Crippen molar-refractivity contribution in [2.45, 2.75) is 116 Å². The Bertz CT molecular complexity index is 2620. The van der Waals surface area contributed by atoms with E-state index in [1.807, 2.05) is 18.6 Å². The summed E-state index contributed by atoms with van der Waals surface area (Å²) in [5.41, 5.74) is -13.1. The summed E-state index contributed by atoms with van der Waals surface area (Å²) >= 11 is 0. The summed E-state index contributed by atoms with van der Waals surface area (Å²) in [5.74, 6) is -70.5. The number of nitrogens with zero attached hydrogens (tertiary/aromatic N) is 2. The molecule has 0 atom stereocenters. The monoisotopic (exact) mass is 1120 g/mol. The van der Waals surface area contributed by atoms with Gasteiger partial charge in [0.1, 0.15) is 58.9 Å². The van der Waals surface area contributed by atoms with E-state index >= 15 is 35.1 Å². The first-order valence-corrected chi connectivity index (χ1v) is 24.3. The molecule has 1 heterocycles. The zero-order chi connectivity index (χ0) is 56.9. The molecule has 24 heteroatoms. The highest BCUT2D eigenvalue weighted by Gasteiger charge is 2.52. The normalized spacial score (nSPS) is 11.6. The van der Waals surface area contributed by atoms with Crippen LogP contribution in [0.5, 0.6) is 5.88 Å². The second-order valence-corrected chi connectivity index (χ2v) is 18.0. The topological polar surface area (TPSA) is 26.0 Å². The third-order valence-corrected chi connectivity index (χ3v) is 13.0. The molecule has 0 unspecified atom stereocenters. The van der Waals surface area contributed by atoms with Gasteiger partial charge in [0.05, 0.1) is 12.8 Å². The van der Waals surface area contributed by atoms with Gasteiger partial charge in [-0.2, -0.15) is 4.57 Å². The summed E-state index contributed by atoms with van der Waals surface area (Å²) in [6.07, 6.45) is 20.7. The Balaban J connectivity index is 0.000000301. The van der Waals surface area contributed by atoms with Crippen LogP contribution in [0.4, 0.5) is 87.8 Å². The highest BCUT2D eigenvalue weighted by Crippen LogP contribution is 2.31. The molecular weight excluding hydrogens is 1070 g/mol. The van der Waals surface area contributed by atoms with Crippen molar-refractivity contribution in [3.63, 3.8) is 0 Å². The van der Waals surface area contributed by atoms with Gasteiger partial charge in [-0.25, -0.2) is 92.8 Å². The molecule has 6 rings (SSSR count). The maximum absolute atomic E-state index is 15.4. The number of benzene rings is 5. The van der Waals surface area contributed by atoms with Gasteiger partial charge in [0, 0.05) is 5.56 Å². The first-order chi connectivity index (χ1) is 36.6. The van der Waals surface area contributed by atoms with E-state index in [4.69, 9.17) is 4.74 Å². The molecule has 0 N–H and O–H groups in total. The van der Waals surface area contributed by atoms with Crippen molar-refractivity contribution in [2.24, 2.45) is 0 Å². The van der Waals surface area contributed by atoms with Crippen LogP contribution in [0, 0.1) is 116 Å². The van der Waals surface area contributed by atoms with Crippen LogP contribution in [0.3, 0.4) is 0 Å². The van der Waals surface area contributed by atoms with Crippen LogP contribution in [0.25, 0.3) is 0 Å². The molecule has 0 fully saturated rings. The minimum Gasteiger partial charge on any atom is -0.443 e. The predicted octanol–water partition coefficient (Wildman–Crippen LogP) is 13.9. The van der Waals surface area contributed by atoms with Gasteiger partial charge in [0.2, 0.25) is 0 Å². The van der Waals surface area contributed by atoms with Gasteiger partial charge in [-0.15, -0.1) is 21.9 Å². The van der Waals surface area contributed by atoms with E-state index in [0.717, 1.165) is 25.5 Å².